The van der Waals surface area contributed by atoms with Crippen LogP contribution in [0.15, 0.2) is 36.4 Å². The van der Waals surface area contributed by atoms with E-state index < -0.39 is 11.6 Å². The zero-order chi connectivity index (χ0) is 22.8. The molecular weight excluding hydrogens is 402 g/mol. The fourth-order valence-corrected chi connectivity index (χ4v) is 5.48. The number of allylic oxidation sites excluding steroid dienone is 4. The van der Waals surface area contributed by atoms with Crippen molar-refractivity contribution in [3.05, 3.63) is 53.6 Å². The van der Waals surface area contributed by atoms with E-state index in [1.165, 1.54) is 32.1 Å². The molecule has 0 saturated heterocycles. The van der Waals surface area contributed by atoms with Crippen LogP contribution >= 0.6 is 0 Å². The average molecular weight is 445 g/mol. The van der Waals surface area contributed by atoms with Crippen LogP contribution in [-0.4, -0.2) is 6.61 Å². The third-order valence-electron chi connectivity index (χ3n) is 7.55. The van der Waals surface area contributed by atoms with E-state index in [1.807, 2.05) is 6.92 Å². The molecule has 2 fully saturated rings. The summed E-state index contributed by atoms with van der Waals surface area (Å²) < 4.78 is 34.5. The van der Waals surface area contributed by atoms with Crippen molar-refractivity contribution in [1.29, 1.82) is 0 Å². The molecule has 32 heavy (non-hydrogen) atoms. The van der Waals surface area contributed by atoms with Crippen molar-refractivity contribution in [2.75, 3.05) is 6.61 Å². The third-order valence-corrected chi connectivity index (χ3v) is 7.55. The molecule has 0 atom stereocenters. The molecule has 2 saturated carbocycles. The first kappa shape index (κ1) is 25.0. The second-order valence-corrected chi connectivity index (χ2v) is 9.91. The molecular formula is C29H42F2O. The molecule has 0 aliphatic heterocycles. The summed E-state index contributed by atoms with van der Waals surface area (Å²) in [4.78, 5) is 0. The Hall–Kier alpha value is -1.64. The van der Waals surface area contributed by atoms with Gasteiger partial charge in [0.2, 0.25) is 5.82 Å². The van der Waals surface area contributed by atoms with Gasteiger partial charge in [0.25, 0.3) is 0 Å². The molecule has 3 heteroatoms. The van der Waals surface area contributed by atoms with Crippen molar-refractivity contribution in [1.82, 2.24) is 0 Å². The minimum absolute atomic E-state index is 0.0514. The van der Waals surface area contributed by atoms with Gasteiger partial charge < -0.3 is 4.74 Å². The quantitative estimate of drug-likeness (QED) is 0.258. The van der Waals surface area contributed by atoms with E-state index in [4.69, 9.17) is 4.74 Å². The highest BCUT2D eigenvalue weighted by molar-refractivity contribution is 5.33. The highest BCUT2D eigenvalue weighted by atomic mass is 19.2. The largest absolute Gasteiger partial charge is 0.490 e. The van der Waals surface area contributed by atoms with E-state index >= 15 is 0 Å². The minimum atomic E-state index is -0.814. The SMILES string of the molecule is C/C=C/C1CCC(/C=C/CCC2CCC(c3ccc(OCCCC)c(F)c3F)CC2)CC1. The Morgan fingerprint density at radius 2 is 1.59 bits per heavy atom. The van der Waals surface area contributed by atoms with Gasteiger partial charge in [0.1, 0.15) is 0 Å². The number of unbranched alkanes of at least 4 members (excludes halogenated alkanes) is 1. The first-order valence-electron chi connectivity index (χ1n) is 13.0. The van der Waals surface area contributed by atoms with Crippen LogP contribution in [0.1, 0.15) is 102 Å². The lowest BCUT2D eigenvalue weighted by Gasteiger charge is -2.29. The summed E-state index contributed by atoms with van der Waals surface area (Å²) in [6, 6.07) is 3.37. The molecule has 0 radical (unpaired) electrons. The number of hydrogen-bond donors (Lipinski definition) is 0. The smallest absolute Gasteiger partial charge is 0.200 e. The molecule has 178 valence electrons. The number of benzene rings is 1. The Kier molecular flexibility index (Phi) is 10.3. The minimum Gasteiger partial charge on any atom is -0.490 e. The van der Waals surface area contributed by atoms with E-state index in [9.17, 15) is 8.78 Å². The summed E-state index contributed by atoms with van der Waals surface area (Å²) >= 11 is 0. The van der Waals surface area contributed by atoms with Crippen LogP contribution in [0, 0.1) is 29.4 Å². The third kappa shape index (κ3) is 7.18. The predicted molar refractivity (Wildman–Crippen MR) is 130 cm³/mol. The number of ether oxygens (including phenoxy) is 1. The number of hydrogen-bond acceptors (Lipinski definition) is 1. The van der Waals surface area contributed by atoms with Gasteiger partial charge in [-0.15, -0.1) is 0 Å². The van der Waals surface area contributed by atoms with Crippen LogP contribution < -0.4 is 4.74 Å². The molecule has 0 N–H and O–H groups in total. The maximum Gasteiger partial charge on any atom is 0.200 e. The molecule has 0 amide bonds. The van der Waals surface area contributed by atoms with Crippen molar-refractivity contribution < 1.29 is 13.5 Å². The lowest BCUT2D eigenvalue weighted by atomic mass is 9.77. The van der Waals surface area contributed by atoms with Crippen LogP contribution in [0.25, 0.3) is 0 Å². The molecule has 1 aromatic rings. The lowest BCUT2D eigenvalue weighted by Crippen LogP contribution is -2.15. The van der Waals surface area contributed by atoms with E-state index in [1.54, 1.807) is 12.1 Å². The molecule has 0 bridgehead atoms. The summed E-state index contributed by atoms with van der Waals surface area (Å²) in [5.41, 5.74) is 0.539. The van der Waals surface area contributed by atoms with E-state index in [0.717, 1.165) is 56.8 Å². The standard InChI is InChI=1S/C29H42F2O/c1-3-5-21-32-27-20-19-26(28(30)29(27)31)25-17-15-24(16-18-25)10-7-6-9-23-13-11-22(8-4-2)12-14-23/h4,6,8-9,19-20,22-25H,3,5,7,10-18,21H2,1-2H3/b8-4+,9-6+. The molecule has 0 spiro atoms. The highest BCUT2D eigenvalue weighted by Crippen LogP contribution is 2.40. The van der Waals surface area contributed by atoms with Gasteiger partial charge in [-0.3, -0.25) is 0 Å². The Balaban J connectivity index is 1.39. The molecule has 3 rings (SSSR count). The van der Waals surface area contributed by atoms with Gasteiger partial charge in [0.15, 0.2) is 11.6 Å². The number of halogens is 2. The normalized spacial score (nSPS) is 26.8. The Bertz CT molecular complexity index is 738. The van der Waals surface area contributed by atoms with Crippen molar-refractivity contribution in [2.45, 2.75) is 96.8 Å². The van der Waals surface area contributed by atoms with E-state index in [2.05, 4.69) is 31.2 Å². The first-order chi connectivity index (χ1) is 15.6. The first-order valence-corrected chi connectivity index (χ1v) is 13.0. The Labute approximate surface area is 194 Å². The van der Waals surface area contributed by atoms with Gasteiger partial charge in [0.05, 0.1) is 6.61 Å². The Morgan fingerprint density at radius 1 is 0.906 bits per heavy atom. The molecule has 0 heterocycles. The molecule has 2 aliphatic rings. The predicted octanol–water partition coefficient (Wildman–Crippen LogP) is 9.14. The van der Waals surface area contributed by atoms with Gasteiger partial charge in [-0.25, -0.2) is 4.39 Å². The maximum absolute atomic E-state index is 14.7. The van der Waals surface area contributed by atoms with Gasteiger partial charge >= 0.3 is 0 Å². The van der Waals surface area contributed by atoms with Gasteiger partial charge in [0, 0.05) is 0 Å². The van der Waals surface area contributed by atoms with Gasteiger partial charge in [-0.2, -0.15) is 4.39 Å². The molecule has 1 nitrogen and oxygen atoms in total. The van der Waals surface area contributed by atoms with Crippen LogP contribution in [0.2, 0.25) is 0 Å². The van der Waals surface area contributed by atoms with E-state index in [0.29, 0.717) is 18.1 Å². The molecule has 2 aliphatic carbocycles. The zero-order valence-corrected chi connectivity index (χ0v) is 20.1. The van der Waals surface area contributed by atoms with Crippen molar-refractivity contribution in [3.8, 4) is 5.75 Å². The van der Waals surface area contributed by atoms with Gasteiger partial charge in [-0.05, 0) is 113 Å². The summed E-state index contributed by atoms with van der Waals surface area (Å²) in [6.07, 6.45) is 23.0. The second-order valence-electron chi connectivity index (χ2n) is 9.91. The second kappa shape index (κ2) is 13.2. The van der Waals surface area contributed by atoms with Crippen molar-refractivity contribution in [2.24, 2.45) is 17.8 Å². The van der Waals surface area contributed by atoms with E-state index in [-0.39, 0.29) is 11.7 Å². The van der Waals surface area contributed by atoms with Crippen LogP contribution in [0.3, 0.4) is 0 Å². The Morgan fingerprint density at radius 3 is 2.25 bits per heavy atom. The average Bonchev–Trinajstić information content (AvgIpc) is 2.81. The molecule has 0 aromatic heterocycles. The van der Waals surface area contributed by atoms with Gasteiger partial charge in [-0.1, -0.05) is 43.7 Å². The summed E-state index contributed by atoms with van der Waals surface area (Å²) in [5, 5.41) is 0. The fourth-order valence-electron chi connectivity index (χ4n) is 5.48. The molecule has 0 unspecified atom stereocenters. The van der Waals surface area contributed by atoms with Crippen molar-refractivity contribution >= 4 is 0 Å². The van der Waals surface area contributed by atoms with Crippen molar-refractivity contribution in [3.63, 3.8) is 0 Å². The van der Waals surface area contributed by atoms with Crippen LogP contribution in [0.4, 0.5) is 8.78 Å². The summed E-state index contributed by atoms with van der Waals surface area (Å²) in [5.74, 6) is 0.942. The fraction of sp³-hybridized carbons (Fsp3) is 0.655. The zero-order valence-electron chi connectivity index (χ0n) is 20.1. The maximum atomic E-state index is 14.7. The molecule has 1 aromatic carbocycles. The number of rotatable bonds is 10. The topological polar surface area (TPSA) is 9.23 Å². The van der Waals surface area contributed by atoms with Crippen LogP contribution in [-0.2, 0) is 0 Å². The van der Waals surface area contributed by atoms with Crippen LogP contribution in [0.5, 0.6) is 5.75 Å². The lowest BCUT2D eigenvalue weighted by molar-refractivity contribution is 0.283. The summed E-state index contributed by atoms with van der Waals surface area (Å²) in [7, 11) is 0. The monoisotopic (exact) mass is 444 g/mol. The highest BCUT2D eigenvalue weighted by Gasteiger charge is 2.26. The summed E-state index contributed by atoms with van der Waals surface area (Å²) in [6.45, 7) is 4.60.